The van der Waals surface area contributed by atoms with Gasteiger partial charge in [-0.15, -0.1) is 0 Å². The van der Waals surface area contributed by atoms with Gasteiger partial charge in [0.25, 0.3) is 0 Å². The maximum Gasteiger partial charge on any atom is 0.119 e. The van der Waals surface area contributed by atoms with Crippen molar-refractivity contribution >= 4 is 15.9 Å². The van der Waals surface area contributed by atoms with Gasteiger partial charge in [-0.1, -0.05) is 15.9 Å². The van der Waals surface area contributed by atoms with Gasteiger partial charge in [0.2, 0.25) is 0 Å². The third-order valence-corrected chi connectivity index (χ3v) is 2.42. The molecule has 0 aliphatic carbocycles. The summed E-state index contributed by atoms with van der Waals surface area (Å²) in [7, 11) is 1.80. The fourth-order valence-electron chi connectivity index (χ4n) is 0.955. The normalized spacial score (nSPS) is 12.5. The van der Waals surface area contributed by atoms with Crippen molar-refractivity contribution < 1.29 is 9.84 Å². The van der Waals surface area contributed by atoms with Crippen molar-refractivity contribution in [3.05, 3.63) is 28.7 Å². The Morgan fingerprint density at radius 2 is 2.07 bits per heavy atom. The number of rotatable bonds is 5. The van der Waals surface area contributed by atoms with Crippen molar-refractivity contribution in [3.8, 4) is 5.75 Å². The van der Waals surface area contributed by atoms with E-state index in [4.69, 9.17) is 9.84 Å². The molecule has 0 amide bonds. The molecule has 0 radical (unpaired) electrons. The Bertz CT molecular complexity index is 259. The standard InChI is InChI=1S/C10H14BrNO2/c1-12-9(6-13)7-14-10-4-2-8(11)3-5-10/h2-5,9,12-13H,6-7H2,1H3. The van der Waals surface area contributed by atoms with Crippen molar-refractivity contribution in [1.82, 2.24) is 5.32 Å². The molecule has 14 heavy (non-hydrogen) atoms. The van der Waals surface area contributed by atoms with Gasteiger partial charge >= 0.3 is 0 Å². The van der Waals surface area contributed by atoms with Gasteiger partial charge in [-0.05, 0) is 31.3 Å². The molecule has 1 aromatic carbocycles. The molecule has 2 N–H and O–H groups in total. The molecule has 0 fully saturated rings. The van der Waals surface area contributed by atoms with E-state index in [0.717, 1.165) is 10.2 Å². The fraction of sp³-hybridized carbons (Fsp3) is 0.400. The highest BCUT2D eigenvalue weighted by molar-refractivity contribution is 9.10. The van der Waals surface area contributed by atoms with Crippen molar-refractivity contribution in [2.24, 2.45) is 0 Å². The molecule has 0 heterocycles. The topological polar surface area (TPSA) is 41.5 Å². The first kappa shape index (κ1) is 11.5. The molecule has 0 aliphatic heterocycles. The van der Waals surface area contributed by atoms with E-state index < -0.39 is 0 Å². The highest BCUT2D eigenvalue weighted by atomic mass is 79.9. The number of ether oxygens (including phenoxy) is 1. The van der Waals surface area contributed by atoms with Crippen LogP contribution in [0.4, 0.5) is 0 Å². The maximum atomic E-state index is 8.90. The van der Waals surface area contributed by atoms with Gasteiger partial charge in [-0.25, -0.2) is 0 Å². The molecule has 0 aliphatic rings. The van der Waals surface area contributed by atoms with Crippen LogP contribution in [-0.2, 0) is 0 Å². The highest BCUT2D eigenvalue weighted by Crippen LogP contribution is 2.15. The number of nitrogens with one attached hydrogen (secondary N) is 1. The lowest BCUT2D eigenvalue weighted by Gasteiger charge is -2.14. The third-order valence-electron chi connectivity index (χ3n) is 1.89. The average Bonchev–Trinajstić information content (AvgIpc) is 2.22. The lowest BCUT2D eigenvalue weighted by molar-refractivity contribution is 0.189. The molecule has 78 valence electrons. The molecule has 4 heteroatoms. The second-order valence-electron chi connectivity index (χ2n) is 2.93. The summed E-state index contributed by atoms with van der Waals surface area (Å²) in [4.78, 5) is 0. The lowest BCUT2D eigenvalue weighted by atomic mass is 10.3. The Hall–Kier alpha value is -0.580. The molecule has 1 atom stereocenters. The van der Waals surface area contributed by atoms with E-state index in [1.54, 1.807) is 7.05 Å². The van der Waals surface area contributed by atoms with Crippen LogP contribution in [0.3, 0.4) is 0 Å². The van der Waals surface area contributed by atoms with E-state index >= 15 is 0 Å². The van der Waals surface area contributed by atoms with Crippen molar-refractivity contribution in [3.63, 3.8) is 0 Å². The van der Waals surface area contributed by atoms with E-state index in [9.17, 15) is 0 Å². The number of halogens is 1. The first-order valence-electron chi connectivity index (χ1n) is 4.42. The number of likely N-dealkylation sites (N-methyl/N-ethyl adjacent to an activating group) is 1. The van der Waals surface area contributed by atoms with Crippen LogP contribution in [0.25, 0.3) is 0 Å². The highest BCUT2D eigenvalue weighted by Gasteiger charge is 2.04. The molecule has 0 saturated heterocycles. The summed E-state index contributed by atoms with van der Waals surface area (Å²) < 4.78 is 6.49. The predicted molar refractivity (Wildman–Crippen MR) is 59.6 cm³/mol. The summed E-state index contributed by atoms with van der Waals surface area (Å²) in [5, 5.41) is 11.8. The maximum absolute atomic E-state index is 8.90. The Balaban J connectivity index is 2.41. The van der Waals surface area contributed by atoms with Crippen LogP contribution >= 0.6 is 15.9 Å². The molecular formula is C10H14BrNO2. The monoisotopic (exact) mass is 259 g/mol. The van der Waals surface area contributed by atoms with Gasteiger partial charge in [0.15, 0.2) is 0 Å². The summed E-state index contributed by atoms with van der Waals surface area (Å²) in [6, 6.07) is 7.59. The second kappa shape index (κ2) is 6.01. The Labute approximate surface area is 92.2 Å². The van der Waals surface area contributed by atoms with Crippen LogP contribution < -0.4 is 10.1 Å². The minimum atomic E-state index is -0.0151. The van der Waals surface area contributed by atoms with E-state index in [0.29, 0.717) is 6.61 Å². The molecule has 1 aromatic rings. The van der Waals surface area contributed by atoms with Crippen LogP contribution in [0, 0.1) is 0 Å². The number of aliphatic hydroxyl groups excluding tert-OH is 1. The number of aliphatic hydroxyl groups is 1. The van der Waals surface area contributed by atoms with Gasteiger partial charge in [-0.3, -0.25) is 0 Å². The number of benzene rings is 1. The zero-order chi connectivity index (χ0) is 10.4. The summed E-state index contributed by atoms with van der Waals surface area (Å²) in [5.41, 5.74) is 0. The number of hydrogen-bond acceptors (Lipinski definition) is 3. The van der Waals surface area contributed by atoms with Crippen LogP contribution in [0.5, 0.6) is 5.75 Å². The van der Waals surface area contributed by atoms with Gasteiger partial charge in [0, 0.05) is 4.47 Å². The second-order valence-corrected chi connectivity index (χ2v) is 3.85. The number of hydrogen-bond donors (Lipinski definition) is 2. The van der Waals surface area contributed by atoms with E-state index in [-0.39, 0.29) is 12.6 Å². The van der Waals surface area contributed by atoms with Crippen LogP contribution in [0.15, 0.2) is 28.7 Å². The minimum Gasteiger partial charge on any atom is -0.492 e. The third kappa shape index (κ3) is 3.65. The fourth-order valence-corrected chi connectivity index (χ4v) is 1.22. The van der Waals surface area contributed by atoms with Crippen LogP contribution in [0.2, 0.25) is 0 Å². The molecule has 3 nitrogen and oxygen atoms in total. The summed E-state index contributed by atoms with van der Waals surface area (Å²) in [6.07, 6.45) is 0. The lowest BCUT2D eigenvalue weighted by Crippen LogP contribution is -2.34. The summed E-state index contributed by atoms with van der Waals surface area (Å²) >= 11 is 3.34. The van der Waals surface area contributed by atoms with Gasteiger partial charge in [0.1, 0.15) is 12.4 Å². The Kier molecular flexibility index (Phi) is 4.93. The molecule has 0 spiro atoms. The van der Waals surface area contributed by atoms with E-state index in [2.05, 4.69) is 21.2 Å². The van der Waals surface area contributed by atoms with Crippen molar-refractivity contribution in [2.45, 2.75) is 6.04 Å². The molecular weight excluding hydrogens is 246 g/mol. The van der Waals surface area contributed by atoms with E-state index in [1.165, 1.54) is 0 Å². The molecule has 0 bridgehead atoms. The molecule has 1 unspecified atom stereocenters. The average molecular weight is 260 g/mol. The predicted octanol–water partition coefficient (Wildman–Crippen LogP) is 1.41. The molecule has 0 aromatic heterocycles. The Morgan fingerprint density at radius 3 is 2.57 bits per heavy atom. The minimum absolute atomic E-state index is 0.0151. The zero-order valence-electron chi connectivity index (χ0n) is 8.03. The van der Waals surface area contributed by atoms with Crippen molar-refractivity contribution in [2.75, 3.05) is 20.3 Å². The van der Waals surface area contributed by atoms with Gasteiger partial charge < -0.3 is 15.2 Å². The van der Waals surface area contributed by atoms with Crippen molar-refractivity contribution in [1.29, 1.82) is 0 Å². The Morgan fingerprint density at radius 1 is 1.43 bits per heavy atom. The summed E-state index contributed by atoms with van der Waals surface area (Å²) in [5.74, 6) is 0.807. The molecule has 0 saturated carbocycles. The van der Waals surface area contributed by atoms with E-state index in [1.807, 2.05) is 24.3 Å². The summed E-state index contributed by atoms with van der Waals surface area (Å²) in [6.45, 7) is 0.543. The smallest absolute Gasteiger partial charge is 0.119 e. The first-order valence-corrected chi connectivity index (χ1v) is 5.22. The zero-order valence-corrected chi connectivity index (χ0v) is 9.62. The first-order chi connectivity index (χ1) is 6.76. The SMILES string of the molecule is CNC(CO)COc1ccc(Br)cc1. The molecule has 1 rings (SSSR count). The van der Waals surface area contributed by atoms with Crippen LogP contribution in [0.1, 0.15) is 0 Å². The van der Waals surface area contributed by atoms with Gasteiger partial charge in [0.05, 0.1) is 12.6 Å². The largest absolute Gasteiger partial charge is 0.492 e. The van der Waals surface area contributed by atoms with Gasteiger partial charge in [-0.2, -0.15) is 0 Å². The van der Waals surface area contributed by atoms with Crippen LogP contribution in [-0.4, -0.2) is 31.4 Å². The quantitative estimate of drug-likeness (QED) is 0.841.